The Morgan fingerprint density at radius 1 is 0.245 bits per heavy atom. The Hall–Kier alpha value is -10.3. The van der Waals surface area contributed by atoms with Crippen LogP contribution < -0.4 is 45.5 Å². The van der Waals surface area contributed by atoms with Crippen LogP contribution in [0.15, 0.2) is 334 Å². The van der Waals surface area contributed by atoms with Crippen LogP contribution in [-0.4, -0.2) is 7.32 Å². The summed E-state index contributed by atoms with van der Waals surface area (Å²) in [5.41, 5.74) is -3.27. The summed E-state index contributed by atoms with van der Waals surface area (Å²) >= 11 is 0. The maximum absolute atomic E-state index is 15.5. The fraction of sp³-hybridized carbons (Fsp3) is 0.0250. The van der Waals surface area contributed by atoms with E-state index < -0.39 is 50.7 Å². The maximum atomic E-state index is 15.5. The summed E-state index contributed by atoms with van der Waals surface area (Å²) in [4.78, 5) is 0. The Morgan fingerprint density at radius 2 is 0.500 bits per heavy atom. The fourth-order valence-electron chi connectivity index (χ4n) is 13.3. The standard InChI is InChI=1S/C80H55BF6O5P2/c82-79(83,84)64-53-65(80(85,86)87)55-66(54-64)88-81(91-93(67-33-7-1-8-34-67,68-35-9-2-10-36-68,69-37-11-3-12-38-69)89-77-73-45-25-23-31-60(73)49-62-47-56-27-19-21-29-58(56)51-75(62)77)92-94(70-39-13-4-14-40-70,71-41-15-5-16-42-71,72-43-17-6-18-44-72)90-78-74-46-26-24-32-61(74)50-63-48-57-28-20-22-30-59(57)52-76(63)78/h1-55H. The Morgan fingerprint density at radius 3 is 0.798 bits per heavy atom. The van der Waals surface area contributed by atoms with Gasteiger partial charge >= 0.3 is 541 Å². The molecule has 94 heavy (non-hydrogen) atoms. The van der Waals surface area contributed by atoms with Gasteiger partial charge in [0, 0.05) is 0 Å². The molecule has 0 aliphatic heterocycles. The van der Waals surface area contributed by atoms with Crippen LogP contribution in [0.4, 0.5) is 26.3 Å². The number of hydrogen-bond acceptors (Lipinski definition) is 5. The first-order chi connectivity index (χ1) is 45.7. The molecule has 0 saturated carbocycles. The van der Waals surface area contributed by atoms with Gasteiger partial charge in [-0.2, -0.15) is 0 Å². The minimum absolute atomic E-state index is 0.0658. The summed E-state index contributed by atoms with van der Waals surface area (Å²) in [5.74, 6) is -0.196. The van der Waals surface area contributed by atoms with Crippen molar-refractivity contribution in [3.63, 3.8) is 0 Å². The van der Waals surface area contributed by atoms with Crippen molar-refractivity contribution < 1.29 is 48.9 Å². The average molecular weight is 1280 g/mol. The molecule has 0 aliphatic carbocycles. The Balaban J connectivity index is 1.13. The second-order valence-electron chi connectivity index (χ2n) is 23.2. The molecule has 15 rings (SSSR count). The zero-order valence-electron chi connectivity index (χ0n) is 50.0. The van der Waals surface area contributed by atoms with Gasteiger partial charge in [-0.25, -0.2) is 0 Å². The minimum atomic E-state index is -5.79. The third-order valence-corrected chi connectivity index (χ3v) is 27.2. The fourth-order valence-corrected chi connectivity index (χ4v) is 22.8. The van der Waals surface area contributed by atoms with Gasteiger partial charge in [0.25, 0.3) is 0 Å². The van der Waals surface area contributed by atoms with Crippen LogP contribution in [0.1, 0.15) is 11.1 Å². The van der Waals surface area contributed by atoms with E-state index in [2.05, 4.69) is 36.4 Å². The van der Waals surface area contributed by atoms with Gasteiger partial charge in [0.15, 0.2) is 0 Å². The van der Waals surface area contributed by atoms with Gasteiger partial charge in [0.1, 0.15) is 0 Å². The molecule has 0 aromatic heterocycles. The Labute approximate surface area is 538 Å². The molecule has 0 amide bonds. The zero-order valence-corrected chi connectivity index (χ0v) is 51.8. The first kappa shape index (κ1) is 60.0. The van der Waals surface area contributed by atoms with Crippen LogP contribution in [-0.2, 0) is 21.2 Å². The summed E-state index contributed by atoms with van der Waals surface area (Å²) < 4.78 is 135. The van der Waals surface area contributed by atoms with E-state index >= 15 is 26.3 Å². The zero-order chi connectivity index (χ0) is 64.2. The van der Waals surface area contributed by atoms with Crippen LogP contribution >= 0.6 is 14.1 Å². The third kappa shape index (κ3) is 10.1. The summed E-state index contributed by atoms with van der Waals surface area (Å²) in [6.45, 7) is 0. The predicted octanol–water partition coefficient (Wildman–Crippen LogP) is 19.9. The summed E-state index contributed by atoms with van der Waals surface area (Å²) in [6.07, 6.45) is -10.6. The first-order valence-corrected chi connectivity index (χ1v) is 34.6. The van der Waals surface area contributed by atoms with Crippen molar-refractivity contribution in [1.29, 1.82) is 0 Å². The SMILES string of the molecule is FC(F)(F)c1cc(OB(OP(Oc2c3ccccc3cc3cc4ccccc4cc23)(c2ccccc2)(c2ccccc2)c2ccccc2)OP(Oc2c3ccccc3cc3cc4ccccc4cc23)(c2ccccc2)(c2ccccc2)c2ccccc2)cc(C(F)(F)F)c1. The van der Waals surface area contributed by atoms with Crippen LogP contribution in [0.25, 0.3) is 64.6 Å². The van der Waals surface area contributed by atoms with E-state index in [0.717, 1.165) is 43.1 Å². The molecule has 14 heteroatoms. The van der Waals surface area contributed by atoms with Gasteiger partial charge in [-0.15, -0.1) is 0 Å². The third-order valence-electron chi connectivity index (χ3n) is 17.6. The van der Waals surface area contributed by atoms with Crippen LogP contribution in [0.2, 0.25) is 0 Å². The number of halogens is 6. The quantitative estimate of drug-likeness (QED) is 0.0418. The Bertz CT molecular complexity index is 4790. The Kier molecular flexibility index (Phi) is 14.9. The van der Waals surface area contributed by atoms with Crippen LogP contribution in [0.5, 0.6) is 17.2 Å². The second kappa shape index (κ2) is 23.4. The van der Waals surface area contributed by atoms with Crippen molar-refractivity contribution in [2.75, 3.05) is 0 Å². The molecule has 0 atom stereocenters. The average Bonchev–Trinajstić information content (AvgIpc) is 0.683. The number of alkyl halides is 6. The first-order valence-electron chi connectivity index (χ1n) is 30.5. The topological polar surface area (TPSA) is 46.2 Å². The molecule has 0 aliphatic rings. The molecule has 15 aromatic carbocycles. The number of hydrogen-bond donors (Lipinski definition) is 0. The van der Waals surface area contributed by atoms with Gasteiger partial charge in [0.05, 0.1) is 0 Å². The van der Waals surface area contributed by atoms with E-state index in [-0.39, 0.29) is 6.07 Å². The van der Waals surface area contributed by atoms with Crippen LogP contribution in [0, 0.1) is 0 Å². The summed E-state index contributed by atoms with van der Waals surface area (Å²) in [5, 5.41) is 12.0. The van der Waals surface area contributed by atoms with Crippen molar-refractivity contribution in [2.24, 2.45) is 0 Å². The van der Waals surface area contributed by atoms with E-state index in [4.69, 9.17) is 22.6 Å². The van der Waals surface area contributed by atoms with Gasteiger partial charge in [-0.1, -0.05) is 0 Å². The molecule has 0 fully saturated rings. The van der Waals surface area contributed by atoms with Crippen LogP contribution in [0.3, 0.4) is 0 Å². The van der Waals surface area contributed by atoms with Gasteiger partial charge in [-0.3, -0.25) is 0 Å². The number of fused-ring (bicyclic) bond motifs is 6. The monoisotopic (exact) mass is 1280 g/mol. The van der Waals surface area contributed by atoms with Crippen molar-refractivity contribution in [1.82, 2.24) is 0 Å². The second-order valence-corrected chi connectivity index (χ2v) is 30.9. The van der Waals surface area contributed by atoms with E-state index in [1.54, 1.807) is 0 Å². The molecule has 15 aromatic rings. The van der Waals surface area contributed by atoms with E-state index in [1.165, 1.54) is 0 Å². The van der Waals surface area contributed by atoms with Gasteiger partial charge in [0.2, 0.25) is 0 Å². The molecular weight excluding hydrogens is 1230 g/mol. The molecular formula is C80H55BF6O5P2. The van der Waals surface area contributed by atoms with Gasteiger partial charge in [-0.05, 0) is 0 Å². The van der Waals surface area contributed by atoms with E-state index in [1.807, 2.05) is 279 Å². The molecule has 0 bridgehead atoms. The van der Waals surface area contributed by atoms with Crippen molar-refractivity contribution >= 4 is 118 Å². The van der Waals surface area contributed by atoms with Gasteiger partial charge < -0.3 is 0 Å². The molecule has 0 N–H and O–H groups in total. The van der Waals surface area contributed by atoms with Crippen molar-refractivity contribution in [3.05, 3.63) is 345 Å². The molecule has 5 nitrogen and oxygen atoms in total. The van der Waals surface area contributed by atoms with Crippen molar-refractivity contribution in [3.8, 4) is 17.2 Å². The number of benzene rings is 15. The molecule has 0 heterocycles. The predicted molar refractivity (Wildman–Crippen MR) is 374 cm³/mol. The summed E-state index contributed by atoms with van der Waals surface area (Å²) in [7, 11) is -14.0. The molecule has 0 unspecified atom stereocenters. The molecule has 0 spiro atoms. The normalized spacial score (nSPS) is 13.1. The molecule has 0 saturated heterocycles. The van der Waals surface area contributed by atoms with Crippen molar-refractivity contribution in [2.45, 2.75) is 12.4 Å². The molecule has 0 radical (unpaired) electrons. The number of rotatable bonds is 16. The van der Waals surface area contributed by atoms with E-state index in [9.17, 15) is 0 Å². The summed E-state index contributed by atoms with van der Waals surface area (Å²) in [6, 6.07) is 100. The molecule has 460 valence electrons. The van der Waals surface area contributed by atoms with E-state index in [0.29, 0.717) is 77.0 Å².